The number of sulfonamides is 1. The Balaban J connectivity index is 2.35. The van der Waals surface area contributed by atoms with Crippen LogP contribution < -0.4 is 5.32 Å². The molecule has 0 fully saturated rings. The van der Waals surface area contributed by atoms with Crippen molar-refractivity contribution in [3.05, 3.63) is 56.6 Å². The molecule has 2 aromatic carbocycles. The molecule has 122 valence electrons. The highest BCUT2D eigenvalue weighted by Crippen LogP contribution is 2.21. The molecule has 0 heterocycles. The van der Waals surface area contributed by atoms with Gasteiger partial charge in [-0.15, -0.1) is 0 Å². The molecule has 0 saturated heterocycles. The Kier molecular flexibility index (Phi) is 5.66. The number of halogens is 2. The second-order valence-electron chi connectivity index (χ2n) is 4.89. The van der Waals surface area contributed by atoms with Gasteiger partial charge >= 0.3 is 0 Å². The summed E-state index contributed by atoms with van der Waals surface area (Å²) in [6.45, 7) is 0. The largest absolute Gasteiger partial charge is 0.322 e. The molecule has 0 unspecified atom stereocenters. The maximum atomic E-state index is 12.4. The summed E-state index contributed by atoms with van der Waals surface area (Å²) in [5, 5.41) is 3.29. The van der Waals surface area contributed by atoms with E-state index in [1.165, 1.54) is 26.2 Å². The average Bonchev–Trinajstić information content (AvgIpc) is 2.49. The molecule has 2 rings (SSSR count). The van der Waals surface area contributed by atoms with Crippen molar-refractivity contribution in [1.29, 1.82) is 0 Å². The number of rotatable bonds is 4. The molecule has 0 radical (unpaired) electrons. The fraction of sp³-hybridized carbons (Fsp3) is 0.133. The predicted molar refractivity (Wildman–Crippen MR) is 99.4 cm³/mol. The quantitative estimate of drug-likeness (QED) is 0.705. The molecule has 0 aliphatic rings. The average molecular weight is 465 g/mol. The van der Waals surface area contributed by atoms with Crippen molar-refractivity contribution in [2.75, 3.05) is 19.4 Å². The molecule has 0 aliphatic carbocycles. The van der Waals surface area contributed by atoms with Crippen molar-refractivity contribution in [2.24, 2.45) is 0 Å². The van der Waals surface area contributed by atoms with Gasteiger partial charge in [0.25, 0.3) is 5.91 Å². The van der Waals surface area contributed by atoms with Gasteiger partial charge in [0.05, 0.1) is 10.5 Å². The first-order valence-electron chi connectivity index (χ1n) is 6.51. The summed E-state index contributed by atoms with van der Waals surface area (Å²) >= 11 is 7.80. The normalized spacial score (nSPS) is 11.5. The smallest absolute Gasteiger partial charge is 0.256 e. The minimum Gasteiger partial charge on any atom is -0.322 e. The Bertz CT molecular complexity index is 836. The van der Waals surface area contributed by atoms with E-state index in [-0.39, 0.29) is 10.8 Å². The zero-order valence-corrected chi connectivity index (χ0v) is 16.1. The van der Waals surface area contributed by atoms with Gasteiger partial charge in [-0.3, -0.25) is 4.79 Å². The molecule has 8 heteroatoms. The van der Waals surface area contributed by atoms with Crippen LogP contribution in [0.3, 0.4) is 0 Å². The number of carbonyl (C=O) groups excluding carboxylic acids is 1. The van der Waals surface area contributed by atoms with Gasteiger partial charge in [0.15, 0.2) is 0 Å². The Morgan fingerprint density at radius 1 is 1.13 bits per heavy atom. The lowest BCUT2D eigenvalue weighted by Crippen LogP contribution is -2.23. The predicted octanol–water partition coefficient (Wildman–Crippen LogP) is 3.45. The molecule has 0 saturated carbocycles. The van der Waals surface area contributed by atoms with Crippen molar-refractivity contribution in [3.8, 4) is 0 Å². The van der Waals surface area contributed by atoms with E-state index >= 15 is 0 Å². The molecule has 0 bridgehead atoms. The Morgan fingerprint density at radius 2 is 1.74 bits per heavy atom. The number of hydrogen-bond acceptors (Lipinski definition) is 3. The van der Waals surface area contributed by atoms with Gasteiger partial charge in [0, 0.05) is 28.4 Å². The standard InChI is InChI=1S/C15H14ClIN2O3S/c1-19(2)23(21,22)12-7-8-14(17)13(9-12)15(20)18-11-5-3-10(16)4-6-11/h3-9H,1-2H3,(H,18,20). The van der Waals surface area contributed by atoms with Crippen LogP contribution in [-0.4, -0.2) is 32.7 Å². The molecule has 23 heavy (non-hydrogen) atoms. The monoisotopic (exact) mass is 464 g/mol. The Morgan fingerprint density at radius 3 is 2.30 bits per heavy atom. The maximum absolute atomic E-state index is 12.4. The summed E-state index contributed by atoms with van der Waals surface area (Å²) in [4.78, 5) is 12.5. The fourth-order valence-electron chi connectivity index (χ4n) is 1.78. The van der Waals surface area contributed by atoms with Gasteiger partial charge in [-0.1, -0.05) is 11.6 Å². The van der Waals surface area contributed by atoms with Crippen LogP contribution >= 0.6 is 34.2 Å². The molecule has 0 atom stereocenters. The van der Waals surface area contributed by atoms with Gasteiger partial charge in [-0.05, 0) is 65.1 Å². The van der Waals surface area contributed by atoms with E-state index < -0.39 is 10.0 Å². The van der Waals surface area contributed by atoms with Crippen molar-refractivity contribution < 1.29 is 13.2 Å². The lowest BCUT2D eigenvalue weighted by molar-refractivity contribution is 0.102. The van der Waals surface area contributed by atoms with Crippen LogP contribution in [0.25, 0.3) is 0 Å². The lowest BCUT2D eigenvalue weighted by atomic mass is 10.2. The number of hydrogen-bond donors (Lipinski definition) is 1. The highest BCUT2D eigenvalue weighted by Gasteiger charge is 2.20. The topological polar surface area (TPSA) is 66.5 Å². The van der Waals surface area contributed by atoms with Gasteiger partial charge in [-0.2, -0.15) is 0 Å². The third kappa shape index (κ3) is 4.23. The number of amides is 1. The molecule has 0 aliphatic heterocycles. The minimum absolute atomic E-state index is 0.0733. The number of nitrogens with zero attached hydrogens (tertiary/aromatic N) is 1. The summed E-state index contributed by atoms with van der Waals surface area (Å²) in [7, 11) is -0.705. The highest BCUT2D eigenvalue weighted by molar-refractivity contribution is 14.1. The number of anilines is 1. The Hall–Kier alpha value is -1.16. The van der Waals surface area contributed by atoms with Crippen LogP contribution in [0.1, 0.15) is 10.4 Å². The summed E-state index contributed by atoms with van der Waals surface area (Å²) in [5.74, 6) is -0.382. The first-order valence-corrected chi connectivity index (χ1v) is 9.40. The molecule has 5 nitrogen and oxygen atoms in total. The summed E-state index contributed by atoms with van der Waals surface area (Å²) in [6.07, 6.45) is 0. The van der Waals surface area contributed by atoms with Crippen LogP contribution in [0, 0.1) is 3.57 Å². The van der Waals surface area contributed by atoms with Gasteiger partial charge < -0.3 is 5.32 Å². The second kappa shape index (κ2) is 7.16. The van der Waals surface area contributed by atoms with Crippen LogP contribution in [0.2, 0.25) is 5.02 Å². The van der Waals surface area contributed by atoms with Crippen molar-refractivity contribution in [2.45, 2.75) is 4.90 Å². The van der Waals surface area contributed by atoms with Gasteiger partial charge in [0.1, 0.15) is 0 Å². The number of benzene rings is 2. The van der Waals surface area contributed by atoms with Crippen LogP contribution in [0.5, 0.6) is 0 Å². The van der Waals surface area contributed by atoms with Crippen LogP contribution in [-0.2, 0) is 10.0 Å². The van der Waals surface area contributed by atoms with E-state index in [1.54, 1.807) is 30.3 Å². The first kappa shape index (κ1) is 18.2. The number of carbonyl (C=O) groups is 1. The van der Waals surface area contributed by atoms with Crippen LogP contribution in [0.15, 0.2) is 47.4 Å². The molecule has 1 amide bonds. The van der Waals surface area contributed by atoms with E-state index in [4.69, 9.17) is 11.6 Å². The number of nitrogens with one attached hydrogen (secondary N) is 1. The highest BCUT2D eigenvalue weighted by atomic mass is 127. The molecule has 2 aromatic rings. The molecular weight excluding hydrogens is 451 g/mol. The van der Waals surface area contributed by atoms with Gasteiger partial charge in [0.2, 0.25) is 10.0 Å². The van der Waals surface area contributed by atoms with Gasteiger partial charge in [-0.25, -0.2) is 12.7 Å². The SMILES string of the molecule is CN(C)S(=O)(=O)c1ccc(I)c(C(=O)Nc2ccc(Cl)cc2)c1. The van der Waals surface area contributed by atoms with E-state index in [1.807, 2.05) is 22.6 Å². The van der Waals surface area contributed by atoms with E-state index in [0.717, 1.165) is 4.31 Å². The van der Waals surface area contributed by atoms with Crippen molar-refractivity contribution in [3.63, 3.8) is 0 Å². The molecule has 0 aromatic heterocycles. The third-order valence-electron chi connectivity index (χ3n) is 3.06. The zero-order valence-electron chi connectivity index (χ0n) is 12.4. The second-order valence-corrected chi connectivity index (χ2v) is 8.64. The zero-order chi connectivity index (χ0) is 17.2. The molecule has 0 spiro atoms. The van der Waals surface area contributed by atoms with E-state index in [0.29, 0.717) is 19.8 Å². The van der Waals surface area contributed by atoms with Crippen molar-refractivity contribution >= 4 is 55.8 Å². The van der Waals surface area contributed by atoms with E-state index in [2.05, 4.69) is 5.32 Å². The lowest BCUT2D eigenvalue weighted by Gasteiger charge is -2.13. The third-order valence-corrected chi connectivity index (χ3v) is 6.07. The summed E-state index contributed by atoms with van der Waals surface area (Å²) in [6, 6.07) is 11.1. The summed E-state index contributed by atoms with van der Waals surface area (Å²) < 4.78 is 26.1. The molecular formula is C15H14ClIN2O3S. The van der Waals surface area contributed by atoms with Crippen LogP contribution in [0.4, 0.5) is 5.69 Å². The first-order chi connectivity index (χ1) is 10.7. The minimum atomic E-state index is -3.60. The molecule has 1 N–H and O–H groups in total. The Labute approximate surface area is 153 Å². The fourth-order valence-corrected chi connectivity index (χ4v) is 3.42. The van der Waals surface area contributed by atoms with Crippen molar-refractivity contribution in [1.82, 2.24) is 4.31 Å². The van der Waals surface area contributed by atoms with E-state index in [9.17, 15) is 13.2 Å². The summed E-state index contributed by atoms with van der Waals surface area (Å²) in [5.41, 5.74) is 0.875. The maximum Gasteiger partial charge on any atom is 0.256 e.